The van der Waals surface area contributed by atoms with Gasteiger partial charge in [-0.25, -0.2) is 4.98 Å². The summed E-state index contributed by atoms with van der Waals surface area (Å²) in [5.41, 5.74) is 0.252. The Kier molecular flexibility index (Phi) is 8.64. The number of hydrogen-bond donors (Lipinski definition) is 0. The van der Waals surface area contributed by atoms with E-state index in [1.165, 1.54) is 25.3 Å². The number of rotatable bonds is 10. The van der Waals surface area contributed by atoms with Crippen molar-refractivity contribution >= 4 is 5.91 Å². The monoisotopic (exact) mass is 540 g/mol. The van der Waals surface area contributed by atoms with Crippen molar-refractivity contribution < 1.29 is 46.4 Å². The number of likely N-dealkylation sites (tertiary alicyclic amines) is 1. The van der Waals surface area contributed by atoms with Crippen molar-refractivity contribution in [1.82, 2.24) is 9.88 Å². The smallest absolute Gasteiger partial charge is 0.493 e. The molecule has 2 fully saturated rings. The first-order valence-electron chi connectivity index (χ1n) is 12.3. The molecule has 0 aliphatic carbocycles. The number of fused-ring (bicyclic) bond motifs is 1. The predicted molar refractivity (Wildman–Crippen MR) is 128 cm³/mol. The van der Waals surface area contributed by atoms with E-state index in [2.05, 4.69) is 23.6 Å². The fourth-order valence-corrected chi connectivity index (χ4v) is 4.42. The molecule has 208 valence electrons. The van der Waals surface area contributed by atoms with Crippen molar-refractivity contribution in [2.75, 3.05) is 46.8 Å². The molecule has 2 unspecified atom stereocenters. The zero-order valence-electron chi connectivity index (χ0n) is 21.5. The van der Waals surface area contributed by atoms with Crippen molar-refractivity contribution in [3.05, 3.63) is 47.7 Å². The van der Waals surface area contributed by atoms with Crippen LogP contribution in [0, 0.1) is 5.92 Å². The third-order valence-corrected chi connectivity index (χ3v) is 6.27. The lowest BCUT2D eigenvalue weighted by molar-refractivity contribution is -0.325. The molecule has 0 saturated carbocycles. The summed E-state index contributed by atoms with van der Waals surface area (Å²) in [6.45, 7) is 4.42. The molecule has 2 saturated heterocycles. The molecule has 2 atom stereocenters. The van der Waals surface area contributed by atoms with Crippen molar-refractivity contribution in [3.63, 3.8) is 0 Å². The summed E-state index contributed by atoms with van der Waals surface area (Å²) < 4.78 is 68.5. The fraction of sp³-hybridized carbons (Fsp3) is 0.538. The molecular formula is C26H31F3N2O7. The van der Waals surface area contributed by atoms with Crippen LogP contribution in [-0.2, 0) is 19.8 Å². The molecule has 2 aromatic rings. The Labute approximate surface area is 218 Å². The van der Waals surface area contributed by atoms with Crippen LogP contribution in [0.25, 0.3) is 0 Å². The number of carbonyl (C=O) groups excluding carboxylic acids is 1. The molecule has 0 N–H and O–H groups in total. The molecule has 1 aromatic heterocycles. The standard InChI is InChI=1S/C26H31F3N2O7/c1-17(2)15-35-23-6-4-5-21(30-23)25-9-10-31(14-22(25)36-16-38-25)24(32)18-7-8-19(20(13-18)33-3)34-11-12-37-26(27,28)29/h4-8,13,17,22H,9-12,14-16H2,1-3H3. The highest BCUT2D eigenvalue weighted by Gasteiger charge is 2.52. The number of benzene rings is 1. The van der Waals surface area contributed by atoms with Crippen LogP contribution < -0.4 is 14.2 Å². The number of nitrogens with zero attached hydrogens (tertiary/aromatic N) is 2. The van der Waals surface area contributed by atoms with E-state index in [4.69, 9.17) is 23.7 Å². The van der Waals surface area contributed by atoms with Gasteiger partial charge in [-0.2, -0.15) is 0 Å². The minimum absolute atomic E-state index is 0.0867. The van der Waals surface area contributed by atoms with Crippen LogP contribution in [0.2, 0.25) is 0 Å². The minimum Gasteiger partial charge on any atom is -0.493 e. The van der Waals surface area contributed by atoms with Gasteiger partial charge in [-0.15, -0.1) is 13.2 Å². The number of hydrogen-bond acceptors (Lipinski definition) is 8. The maximum Gasteiger partial charge on any atom is 0.522 e. The third kappa shape index (κ3) is 6.48. The number of aromatic nitrogens is 1. The van der Waals surface area contributed by atoms with Gasteiger partial charge in [0.1, 0.15) is 25.1 Å². The normalized spacial score (nSPS) is 21.3. The first-order chi connectivity index (χ1) is 18.1. The number of halogens is 3. The summed E-state index contributed by atoms with van der Waals surface area (Å²) in [7, 11) is 1.38. The highest BCUT2D eigenvalue weighted by molar-refractivity contribution is 5.95. The van der Waals surface area contributed by atoms with Crippen molar-refractivity contribution in [2.45, 2.75) is 38.3 Å². The van der Waals surface area contributed by atoms with E-state index < -0.39 is 24.7 Å². The van der Waals surface area contributed by atoms with Crippen molar-refractivity contribution in [3.8, 4) is 17.4 Å². The number of methoxy groups -OCH3 is 1. The maximum absolute atomic E-state index is 13.3. The van der Waals surface area contributed by atoms with Gasteiger partial charge in [-0.1, -0.05) is 19.9 Å². The average Bonchev–Trinajstić information content (AvgIpc) is 3.33. The topological polar surface area (TPSA) is 88.6 Å². The Hall–Kier alpha value is -3.09. The Morgan fingerprint density at radius 3 is 2.74 bits per heavy atom. The third-order valence-electron chi connectivity index (χ3n) is 6.27. The molecule has 0 spiro atoms. The number of amides is 1. The Bertz CT molecular complexity index is 1110. The summed E-state index contributed by atoms with van der Waals surface area (Å²) in [6.07, 6.45) is -4.68. The van der Waals surface area contributed by atoms with E-state index in [9.17, 15) is 18.0 Å². The van der Waals surface area contributed by atoms with Crippen molar-refractivity contribution in [1.29, 1.82) is 0 Å². The van der Waals surface area contributed by atoms with Gasteiger partial charge in [0.05, 0.1) is 32.6 Å². The first-order valence-corrected chi connectivity index (χ1v) is 12.3. The molecule has 1 aromatic carbocycles. The molecule has 38 heavy (non-hydrogen) atoms. The van der Waals surface area contributed by atoms with E-state index in [-0.39, 0.29) is 37.4 Å². The molecule has 12 heteroatoms. The summed E-state index contributed by atoms with van der Waals surface area (Å²) >= 11 is 0. The van der Waals surface area contributed by atoms with Crippen LogP contribution in [0.1, 0.15) is 36.3 Å². The molecule has 0 bridgehead atoms. The number of pyridine rings is 1. The Balaban J connectivity index is 1.42. The van der Waals surface area contributed by atoms with Crippen LogP contribution in [0.3, 0.4) is 0 Å². The molecule has 4 rings (SSSR count). The molecule has 3 heterocycles. The van der Waals surface area contributed by atoms with Crippen LogP contribution in [0.5, 0.6) is 17.4 Å². The highest BCUT2D eigenvalue weighted by Crippen LogP contribution is 2.42. The van der Waals surface area contributed by atoms with Gasteiger partial charge in [-0.05, 0) is 30.2 Å². The van der Waals surface area contributed by atoms with Crippen LogP contribution in [0.15, 0.2) is 36.4 Å². The van der Waals surface area contributed by atoms with Crippen LogP contribution in [-0.4, -0.2) is 75.1 Å². The molecule has 9 nitrogen and oxygen atoms in total. The quantitative estimate of drug-likeness (QED) is 0.416. The summed E-state index contributed by atoms with van der Waals surface area (Å²) in [5.74, 6) is 1.04. The van der Waals surface area contributed by atoms with E-state index >= 15 is 0 Å². The summed E-state index contributed by atoms with van der Waals surface area (Å²) in [4.78, 5) is 19.7. The fourth-order valence-electron chi connectivity index (χ4n) is 4.42. The maximum atomic E-state index is 13.3. The number of carbonyl (C=O) groups is 1. The number of alkyl halides is 3. The number of piperidine rings is 1. The minimum atomic E-state index is -4.73. The summed E-state index contributed by atoms with van der Waals surface area (Å²) in [5, 5.41) is 0. The SMILES string of the molecule is COc1cc(C(=O)N2CCC3(c4cccc(OCC(C)C)n4)OCOC3C2)ccc1OCCOC(F)(F)F. The van der Waals surface area contributed by atoms with Gasteiger partial charge in [0, 0.05) is 24.6 Å². The Morgan fingerprint density at radius 2 is 2.00 bits per heavy atom. The van der Waals surface area contributed by atoms with Gasteiger partial charge in [0.2, 0.25) is 5.88 Å². The average molecular weight is 541 g/mol. The highest BCUT2D eigenvalue weighted by atomic mass is 19.4. The molecular weight excluding hydrogens is 509 g/mol. The zero-order valence-corrected chi connectivity index (χ0v) is 21.5. The molecule has 1 amide bonds. The zero-order chi connectivity index (χ0) is 27.3. The van der Waals surface area contributed by atoms with Crippen LogP contribution in [0.4, 0.5) is 13.2 Å². The lowest BCUT2D eigenvalue weighted by Crippen LogP contribution is -2.53. The van der Waals surface area contributed by atoms with Gasteiger partial charge >= 0.3 is 6.36 Å². The number of ether oxygens (including phenoxy) is 6. The largest absolute Gasteiger partial charge is 0.522 e. The van der Waals surface area contributed by atoms with E-state index in [0.717, 1.165) is 0 Å². The lowest BCUT2D eigenvalue weighted by Gasteiger charge is -2.41. The first kappa shape index (κ1) is 27.9. The van der Waals surface area contributed by atoms with Crippen LogP contribution >= 0.6 is 0 Å². The van der Waals surface area contributed by atoms with E-state index in [1.54, 1.807) is 11.0 Å². The van der Waals surface area contributed by atoms with Gasteiger partial charge in [0.25, 0.3) is 5.91 Å². The lowest BCUT2D eigenvalue weighted by atomic mass is 9.85. The second kappa shape index (κ2) is 11.7. The molecule has 2 aliphatic rings. The van der Waals surface area contributed by atoms with Gasteiger partial charge in [0.15, 0.2) is 11.5 Å². The van der Waals surface area contributed by atoms with Gasteiger partial charge in [-0.3, -0.25) is 9.53 Å². The van der Waals surface area contributed by atoms with Gasteiger partial charge < -0.3 is 28.6 Å². The summed E-state index contributed by atoms with van der Waals surface area (Å²) in [6, 6.07) is 10.1. The predicted octanol–water partition coefficient (Wildman–Crippen LogP) is 4.15. The Morgan fingerprint density at radius 1 is 1.18 bits per heavy atom. The van der Waals surface area contributed by atoms with E-state index in [0.29, 0.717) is 42.6 Å². The second-order valence-corrected chi connectivity index (χ2v) is 9.38. The molecule has 2 aliphatic heterocycles. The molecule has 0 radical (unpaired) electrons. The van der Waals surface area contributed by atoms with E-state index in [1.807, 2.05) is 12.1 Å². The van der Waals surface area contributed by atoms with Crippen molar-refractivity contribution in [2.24, 2.45) is 5.92 Å². The second-order valence-electron chi connectivity index (χ2n) is 9.38.